The number of likely N-dealkylation sites (tertiary alicyclic amines) is 1. The first-order valence-corrected chi connectivity index (χ1v) is 6.57. The molecule has 1 saturated heterocycles. The molecule has 1 aliphatic heterocycles. The zero-order chi connectivity index (χ0) is 12.2. The van der Waals surface area contributed by atoms with Gasteiger partial charge in [0.05, 0.1) is 5.69 Å². The highest BCUT2D eigenvalue weighted by Gasteiger charge is 2.14. The molecule has 18 heavy (non-hydrogen) atoms. The van der Waals surface area contributed by atoms with Gasteiger partial charge in [0.2, 0.25) is 0 Å². The molecule has 1 aromatic heterocycles. The lowest BCUT2D eigenvalue weighted by atomic mass is 10.0. The maximum atomic E-state index is 4.45. The first-order valence-electron chi connectivity index (χ1n) is 6.57. The third kappa shape index (κ3) is 2.44. The fraction of sp³-hybridized carbons (Fsp3) is 0.312. The lowest BCUT2D eigenvalue weighted by molar-refractivity contribution is 0.331. The van der Waals surface area contributed by atoms with E-state index in [1.807, 2.05) is 30.5 Å². The van der Waals surface area contributed by atoms with E-state index in [2.05, 4.69) is 28.1 Å². The van der Waals surface area contributed by atoms with E-state index >= 15 is 0 Å². The second-order valence-electron chi connectivity index (χ2n) is 4.76. The van der Waals surface area contributed by atoms with Crippen LogP contribution in [0.25, 0.3) is 11.3 Å². The highest BCUT2D eigenvalue weighted by atomic mass is 15.1. The molecule has 2 heteroatoms. The first kappa shape index (κ1) is 11.4. The average Bonchev–Trinajstić information content (AvgIpc) is 2.93. The molecule has 0 bridgehead atoms. The largest absolute Gasteiger partial charge is 0.299 e. The van der Waals surface area contributed by atoms with Crippen molar-refractivity contribution in [2.24, 2.45) is 0 Å². The van der Waals surface area contributed by atoms with E-state index in [9.17, 15) is 0 Å². The Morgan fingerprint density at radius 3 is 2.78 bits per heavy atom. The van der Waals surface area contributed by atoms with Gasteiger partial charge in [0.1, 0.15) is 0 Å². The summed E-state index contributed by atoms with van der Waals surface area (Å²) in [5.74, 6) is 0. The summed E-state index contributed by atoms with van der Waals surface area (Å²) < 4.78 is 0. The average molecular weight is 237 g/mol. The predicted molar refractivity (Wildman–Crippen MR) is 73.0 cm³/mol. The minimum absolute atomic E-state index is 0.993. The molecule has 2 heterocycles. The van der Waals surface area contributed by atoms with Crippen molar-refractivity contribution < 1.29 is 0 Å². The van der Waals surface area contributed by atoms with Gasteiger partial charge in [-0.05, 0) is 49.7 Å². The SMILES string of the molecule is [c]1cccc(-c2ccccn2)c1CN1CCCC1. The van der Waals surface area contributed by atoms with Gasteiger partial charge in [-0.1, -0.05) is 24.3 Å². The maximum Gasteiger partial charge on any atom is 0.0705 e. The van der Waals surface area contributed by atoms with E-state index in [0.717, 1.165) is 12.2 Å². The summed E-state index contributed by atoms with van der Waals surface area (Å²) in [6.07, 6.45) is 4.50. The summed E-state index contributed by atoms with van der Waals surface area (Å²) in [4.78, 5) is 6.94. The molecule has 91 valence electrons. The van der Waals surface area contributed by atoms with Crippen LogP contribution >= 0.6 is 0 Å². The lowest BCUT2D eigenvalue weighted by Crippen LogP contribution is -2.18. The Bertz CT molecular complexity index is 502. The number of aromatic nitrogens is 1. The van der Waals surface area contributed by atoms with E-state index in [1.54, 1.807) is 0 Å². The van der Waals surface area contributed by atoms with Gasteiger partial charge < -0.3 is 0 Å². The van der Waals surface area contributed by atoms with Crippen LogP contribution < -0.4 is 0 Å². The number of rotatable bonds is 3. The summed E-state index contributed by atoms with van der Waals surface area (Å²) in [6, 6.07) is 15.6. The Morgan fingerprint density at radius 1 is 1.11 bits per heavy atom. The van der Waals surface area contributed by atoms with Crippen molar-refractivity contribution in [1.29, 1.82) is 0 Å². The molecule has 0 N–H and O–H groups in total. The van der Waals surface area contributed by atoms with Crippen LogP contribution in [0.5, 0.6) is 0 Å². The molecule has 1 aromatic carbocycles. The van der Waals surface area contributed by atoms with Gasteiger partial charge in [-0.3, -0.25) is 9.88 Å². The molecule has 2 aromatic rings. The Labute approximate surface area is 108 Å². The highest BCUT2D eigenvalue weighted by Crippen LogP contribution is 2.23. The van der Waals surface area contributed by atoms with Crippen LogP contribution in [0, 0.1) is 6.07 Å². The van der Waals surface area contributed by atoms with Crippen molar-refractivity contribution in [3.05, 3.63) is 54.2 Å². The van der Waals surface area contributed by atoms with Gasteiger partial charge in [0, 0.05) is 18.3 Å². The minimum atomic E-state index is 0.993. The minimum Gasteiger partial charge on any atom is -0.299 e. The fourth-order valence-corrected chi connectivity index (χ4v) is 2.53. The summed E-state index contributed by atoms with van der Waals surface area (Å²) in [5, 5.41) is 0. The molecular weight excluding hydrogens is 220 g/mol. The topological polar surface area (TPSA) is 16.1 Å². The lowest BCUT2D eigenvalue weighted by Gasteiger charge is -2.16. The predicted octanol–water partition coefficient (Wildman–Crippen LogP) is 3.14. The zero-order valence-corrected chi connectivity index (χ0v) is 10.5. The van der Waals surface area contributed by atoms with Crippen LogP contribution in [0.2, 0.25) is 0 Å². The summed E-state index contributed by atoms with van der Waals surface area (Å²) in [5.41, 5.74) is 3.52. The van der Waals surface area contributed by atoms with Crippen LogP contribution in [-0.4, -0.2) is 23.0 Å². The summed E-state index contributed by atoms with van der Waals surface area (Å²) in [6.45, 7) is 3.42. The number of hydrogen-bond donors (Lipinski definition) is 0. The molecule has 1 radical (unpaired) electrons. The van der Waals surface area contributed by atoms with Crippen LogP contribution in [0.15, 0.2) is 42.6 Å². The molecule has 0 unspecified atom stereocenters. The Morgan fingerprint density at radius 2 is 2.00 bits per heavy atom. The van der Waals surface area contributed by atoms with E-state index in [-0.39, 0.29) is 0 Å². The number of benzene rings is 1. The van der Waals surface area contributed by atoms with Gasteiger partial charge >= 0.3 is 0 Å². The molecule has 2 nitrogen and oxygen atoms in total. The molecule has 1 fully saturated rings. The van der Waals surface area contributed by atoms with Crippen LogP contribution in [0.4, 0.5) is 0 Å². The summed E-state index contributed by atoms with van der Waals surface area (Å²) >= 11 is 0. The monoisotopic (exact) mass is 237 g/mol. The maximum absolute atomic E-state index is 4.45. The highest BCUT2D eigenvalue weighted by molar-refractivity contribution is 5.63. The van der Waals surface area contributed by atoms with Crippen molar-refractivity contribution in [2.45, 2.75) is 19.4 Å². The molecule has 3 rings (SSSR count). The number of pyridine rings is 1. The van der Waals surface area contributed by atoms with E-state index < -0.39 is 0 Å². The van der Waals surface area contributed by atoms with Crippen molar-refractivity contribution in [1.82, 2.24) is 9.88 Å². The van der Waals surface area contributed by atoms with Gasteiger partial charge in [-0.15, -0.1) is 0 Å². The third-order valence-electron chi connectivity index (χ3n) is 3.46. The zero-order valence-electron chi connectivity index (χ0n) is 10.5. The molecule has 0 aliphatic carbocycles. The molecule has 0 atom stereocenters. The van der Waals surface area contributed by atoms with Crippen molar-refractivity contribution in [3.8, 4) is 11.3 Å². The summed E-state index contributed by atoms with van der Waals surface area (Å²) in [7, 11) is 0. The fourth-order valence-electron chi connectivity index (χ4n) is 2.53. The van der Waals surface area contributed by atoms with Gasteiger partial charge in [0.25, 0.3) is 0 Å². The smallest absolute Gasteiger partial charge is 0.0705 e. The first-order chi connectivity index (χ1) is 8.93. The van der Waals surface area contributed by atoms with Gasteiger partial charge in [-0.25, -0.2) is 0 Å². The Hall–Kier alpha value is -1.67. The molecule has 0 spiro atoms. The van der Waals surface area contributed by atoms with E-state index in [4.69, 9.17) is 0 Å². The Balaban J connectivity index is 1.90. The second-order valence-corrected chi connectivity index (χ2v) is 4.76. The Kier molecular flexibility index (Phi) is 3.37. The molecular formula is C16H17N2. The normalized spacial score (nSPS) is 16.0. The van der Waals surface area contributed by atoms with Crippen LogP contribution in [0.3, 0.4) is 0 Å². The van der Waals surface area contributed by atoms with Crippen molar-refractivity contribution >= 4 is 0 Å². The number of hydrogen-bond acceptors (Lipinski definition) is 2. The third-order valence-corrected chi connectivity index (χ3v) is 3.46. The molecule has 0 saturated carbocycles. The van der Waals surface area contributed by atoms with Crippen molar-refractivity contribution in [2.75, 3.05) is 13.1 Å². The quantitative estimate of drug-likeness (QED) is 0.815. The van der Waals surface area contributed by atoms with Crippen LogP contribution in [0.1, 0.15) is 18.4 Å². The second kappa shape index (κ2) is 5.32. The molecule has 1 aliphatic rings. The standard InChI is InChI=1S/C16H17N2/c1-2-8-15(16-9-3-4-10-17-16)14(7-1)13-18-11-5-6-12-18/h1-4,8-10H,5-6,11-13H2. The van der Waals surface area contributed by atoms with E-state index in [0.29, 0.717) is 0 Å². The van der Waals surface area contributed by atoms with Gasteiger partial charge in [-0.2, -0.15) is 0 Å². The van der Waals surface area contributed by atoms with Gasteiger partial charge in [0.15, 0.2) is 0 Å². The molecule has 0 amide bonds. The number of nitrogens with zero attached hydrogens (tertiary/aromatic N) is 2. The van der Waals surface area contributed by atoms with E-state index in [1.165, 1.54) is 37.1 Å². The van der Waals surface area contributed by atoms with Crippen molar-refractivity contribution in [3.63, 3.8) is 0 Å². The van der Waals surface area contributed by atoms with Crippen LogP contribution in [-0.2, 0) is 6.54 Å².